The zero-order valence-corrected chi connectivity index (χ0v) is 13.7. The molecule has 7 heteroatoms. The maximum absolute atomic E-state index is 11.7. The van der Waals surface area contributed by atoms with Crippen molar-refractivity contribution in [2.24, 2.45) is 5.92 Å². The average Bonchev–Trinajstić information content (AvgIpc) is 3.25. The Kier molecular flexibility index (Phi) is 4.12. The molecular weight excluding hydrogens is 314 g/mol. The van der Waals surface area contributed by atoms with E-state index in [-0.39, 0.29) is 23.1 Å². The Hall–Kier alpha value is -2.28. The van der Waals surface area contributed by atoms with Gasteiger partial charge in [-0.2, -0.15) is 0 Å². The molecule has 1 aromatic carbocycles. The second kappa shape index (κ2) is 6.08. The van der Waals surface area contributed by atoms with Crippen LogP contribution in [0.2, 0.25) is 0 Å². The summed E-state index contributed by atoms with van der Waals surface area (Å²) in [4.78, 5) is 27.8. The van der Waals surface area contributed by atoms with Crippen LogP contribution in [-0.4, -0.2) is 15.7 Å². The van der Waals surface area contributed by atoms with E-state index in [0.717, 1.165) is 22.7 Å². The van der Waals surface area contributed by atoms with Crippen molar-refractivity contribution < 1.29 is 9.72 Å². The van der Waals surface area contributed by atoms with Crippen LogP contribution in [0.15, 0.2) is 24.4 Å². The molecule has 23 heavy (non-hydrogen) atoms. The van der Waals surface area contributed by atoms with Crippen LogP contribution in [-0.2, 0) is 0 Å². The number of rotatable bonds is 6. The number of Topliss-reactive ketones (excluding diaryl/α,β-unsaturated/α-hetero) is 1. The zero-order valence-electron chi connectivity index (χ0n) is 12.9. The number of benzene rings is 1. The van der Waals surface area contributed by atoms with Crippen molar-refractivity contribution in [3.8, 4) is 0 Å². The molecule has 6 nitrogen and oxygen atoms in total. The highest BCUT2D eigenvalue weighted by Gasteiger charge is 2.34. The van der Waals surface area contributed by atoms with Crippen molar-refractivity contribution in [2.75, 3.05) is 5.32 Å². The van der Waals surface area contributed by atoms with Gasteiger partial charge >= 0.3 is 0 Å². The van der Waals surface area contributed by atoms with Crippen LogP contribution in [0, 0.1) is 23.0 Å². The molecule has 2 aromatic rings. The summed E-state index contributed by atoms with van der Waals surface area (Å²) in [6, 6.07) is 4.70. The molecule has 0 aliphatic heterocycles. The average molecular weight is 331 g/mol. The van der Waals surface area contributed by atoms with Crippen molar-refractivity contribution in [3.63, 3.8) is 0 Å². The first-order chi connectivity index (χ1) is 11.0. The van der Waals surface area contributed by atoms with Gasteiger partial charge in [0.15, 0.2) is 5.78 Å². The molecule has 0 unspecified atom stereocenters. The maximum atomic E-state index is 11.7. The minimum atomic E-state index is -0.525. The normalized spacial score (nSPS) is 15.2. The summed E-state index contributed by atoms with van der Waals surface area (Å²) in [5, 5.41) is 15.5. The van der Waals surface area contributed by atoms with E-state index < -0.39 is 4.92 Å². The molecule has 0 saturated heterocycles. The number of hydrogen-bond acceptors (Lipinski definition) is 6. The molecule has 3 rings (SSSR count). The molecule has 1 fully saturated rings. The van der Waals surface area contributed by atoms with Gasteiger partial charge in [-0.3, -0.25) is 14.9 Å². The molecule has 1 aliphatic rings. The lowest BCUT2D eigenvalue weighted by Crippen LogP contribution is -2.13. The molecule has 1 heterocycles. The standard InChI is InChI=1S/C16H17N3O3S/c1-9-8-17-16(23-9)15(11-3-4-11)18-12-5-6-14(19(21)22)13(7-12)10(2)20/h5-8,11,15,18H,3-4H2,1-2H3/t15-/m1/s1. The fourth-order valence-corrected chi connectivity index (χ4v) is 3.49. The first-order valence-corrected chi connectivity index (χ1v) is 8.25. The maximum Gasteiger partial charge on any atom is 0.280 e. The van der Waals surface area contributed by atoms with Crippen LogP contribution in [0.4, 0.5) is 11.4 Å². The largest absolute Gasteiger partial charge is 0.376 e. The quantitative estimate of drug-likeness (QED) is 0.489. The monoisotopic (exact) mass is 331 g/mol. The minimum absolute atomic E-state index is 0.0926. The van der Waals surface area contributed by atoms with Gasteiger partial charge in [0, 0.05) is 22.8 Å². The Morgan fingerprint density at radius 3 is 2.74 bits per heavy atom. The van der Waals surface area contributed by atoms with Gasteiger partial charge in [-0.25, -0.2) is 4.98 Å². The highest BCUT2D eigenvalue weighted by Crippen LogP contribution is 2.44. The summed E-state index contributed by atoms with van der Waals surface area (Å²) in [5.41, 5.74) is 0.687. The number of nitro benzene ring substituents is 1. The number of nitrogens with zero attached hydrogens (tertiary/aromatic N) is 2. The van der Waals surface area contributed by atoms with E-state index in [4.69, 9.17) is 0 Å². The molecule has 1 aliphatic carbocycles. The lowest BCUT2D eigenvalue weighted by molar-refractivity contribution is -0.385. The van der Waals surface area contributed by atoms with Crippen molar-refractivity contribution >= 4 is 28.5 Å². The number of nitrogens with one attached hydrogen (secondary N) is 1. The predicted molar refractivity (Wildman–Crippen MR) is 89.0 cm³/mol. The predicted octanol–water partition coefficient (Wildman–Crippen LogP) is 4.13. The Morgan fingerprint density at radius 2 is 2.22 bits per heavy atom. The van der Waals surface area contributed by atoms with E-state index in [2.05, 4.69) is 10.3 Å². The fourth-order valence-electron chi connectivity index (χ4n) is 2.57. The Bertz CT molecular complexity index is 768. The van der Waals surface area contributed by atoms with E-state index in [1.54, 1.807) is 23.5 Å². The van der Waals surface area contributed by atoms with E-state index in [1.807, 2.05) is 13.1 Å². The molecule has 1 N–H and O–H groups in total. The Balaban J connectivity index is 1.90. The number of aromatic nitrogens is 1. The van der Waals surface area contributed by atoms with E-state index >= 15 is 0 Å². The summed E-state index contributed by atoms with van der Waals surface area (Å²) in [5.74, 6) is 0.213. The molecule has 1 aromatic heterocycles. The molecule has 0 amide bonds. The summed E-state index contributed by atoms with van der Waals surface area (Å²) >= 11 is 1.65. The highest BCUT2D eigenvalue weighted by atomic mass is 32.1. The third-order valence-electron chi connectivity index (χ3n) is 3.89. The number of nitro groups is 1. The number of carbonyl (C=O) groups is 1. The third-order valence-corrected chi connectivity index (χ3v) is 4.89. The molecule has 1 atom stereocenters. The van der Waals surface area contributed by atoms with Gasteiger partial charge in [0.2, 0.25) is 0 Å². The SMILES string of the molecule is CC(=O)c1cc(N[C@@H](c2ncc(C)s2)C2CC2)ccc1[N+](=O)[O-]. The zero-order chi connectivity index (χ0) is 16.6. The number of hydrogen-bond donors (Lipinski definition) is 1. The molecular formula is C16H17N3O3S. The molecule has 0 radical (unpaired) electrons. The number of ketones is 1. The molecule has 0 spiro atoms. The first-order valence-electron chi connectivity index (χ1n) is 7.44. The van der Waals surface area contributed by atoms with Crippen LogP contribution in [0.25, 0.3) is 0 Å². The van der Waals surface area contributed by atoms with Gasteiger partial charge in [0.25, 0.3) is 5.69 Å². The summed E-state index contributed by atoms with van der Waals surface area (Å²) in [6.07, 6.45) is 4.14. The summed E-state index contributed by atoms with van der Waals surface area (Å²) in [6.45, 7) is 3.36. The molecule has 0 bridgehead atoms. The van der Waals surface area contributed by atoms with Gasteiger partial charge < -0.3 is 5.32 Å². The second-order valence-electron chi connectivity index (χ2n) is 5.81. The van der Waals surface area contributed by atoms with E-state index in [9.17, 15) is 14.9 Å². The van der Waals surface area contributed by atoms with Crippen molar-refractivity contribution in [1.82, 2.24) is 4.98 Å². The van der Waals surface area contributed by atoms with Gasteiger partial charge in [-0.05, 0) is 44.7 Å². The highest BCUT2D eigenvalue weighted by molar-refractivity contribution is 7.11. The number of carbonyl (C=O) groups excluding carboxylic acids is 1. The lowest BCUT2D eigenvalue weighted by Gasteiger charge is -2.17. The molecule has 120 valence electrons. The minimum Gasteiger partial charge on any atom is -0.376 e. The fraction of sp³-hybridized carbons (Fsp3) is 0.375. The van der Waals surface area contributed by atoms with Gasteiger partial charge in [-0.15, -0.1) is 11.3 Å². The van der Waals surface area contributed by atoms with Crippen molar-refractivity contribution in [1.29, 1.82) is 0 Å². The van der Waals surface area contributed by atoms with Crippen molar-refractivity contribution in [3.05, 3.63) is 50.0 Å². The lowest BCUT2D eigenvalue weighted by atomic mass is 10.1. The number of aryl methyl sites for hydroxylation is 1. The number of thiazole rings is 1. The Morgan fingerprint density at radius 1 is 1.48 bits per heavy atom. The van der Waals surface area contributed by atoms with Crippen LogP contribution < -0.4 is 5.32 Å². The first kappa shape index (κ1) is 15.6. The second-order valence-corrected chi connectivity index (χ2v) is 7.08. The summed E-state index contributed by atoms with van der Waals surface area (Å²) in [7, 11) is 0. The van der Waals surface area contributed by atoms with Crippen LogP contribution in [0.5, 0.6) is 0 Å². The van der Waals surface area contributed by atoms with Gasteiger partial charge in [0.05, 0.1) is 16.5 Å². The van der Waals surface area contributed by atoms with Crippen LogP contribution in [0.3, 0.4) is 0 Å². The topological polar surface area (TPSA) is 85.1 Å². The summed E-state index contributed by atoms with van der Waals surface area (Å²) < 4.78 is 0. The third kappa shape index (κ3) is 3.39. The smallest absolute Gasteiger partial charge is 0.280 e. The Labute approximate surface area is 137 Å². The van der Waals surface area contributed by atoms with E-state index in [0.29, 0.717) is 11.6 Å². The van der Waals surface area contributed by atoms with Crippen LogP contribution >= 0.6 is 11.3 Å². The van der Waals surface area contributed by atoms with Crippen LogP contribution in [0.1, 0.15) is 46.0 Å². The van der Waals surface area contributed by atoms with Crippen molar-refractivity contribution in [2.45, 2.75) is 32.7 Å². The van der Waals surface area contributed by atoms with Gasteiger partial charge in [0.1, 0.15) is 5.01 Å². The molecule has 1 saturated carbocycles. The number of anilines is 1. The van der Waals surface area contributed by atoms with E-state index in [1.165, 1.54) is 13.0 Å². The van der Waals surface area contributed by atoms with Gasteiger partial charge in [-0.1, -0.05) is 0 Å².